The quantitative estimate of drug-likeness (QED) is 0.868. The molecule has 0 unspecified atom stereocenters. The highest BCUT2D eigenvalue weighted by atomic mass is 16.5. The van der Waals surface area contributed by atoms with Crippen LogP contribution in [-0.4, -0.2) is 48.5 Å². The number of hydrogen-bond acceptors (Lipinski definition) is 4. The first-order valence-corrected chi connectivity index (χ1v) is 9.51. The molecule has 0 atom stereocenters. The van der Waals surface area contributed by atoms with Crippen molar-refractivity contribution in [3.05, 3.63) is 71.8 Å². The van der Waals surface area contributed by atoms with E-state index in [0.717, 1.165) is 11.1 Å². The summed E-state index contributed by atoms with van der Waals surface area (Å²) in [6, 6.07) is 15.4. The van der Waals surface area contributed by atoms with Gasteiger partial charge in [-0.15, -0.1) is 0 Å². The maximum atomic E-state index is 9.89. The van der Waals surface area contributed by atoms with E-state index < -0.39 is 5.60 Å². The van der Waals surface area contributed by atoms with Gasteiger partial charge in [0.2, 0.25) is 0 Å². The van der Waals surface area contributed by atoms with Crippen molar-refractivity contribution in [2.24, 2.45) is 0 Å². The van der Waals surface area contributed by atoms with Crippen molar-refractivity contribution >= 4 is 6.08 Å². The zero-order chi connectivity index (χ0) is 19.3. The maximum absolute atomic E-state index is 9.89. The Labute approximate surface area is 161 Å². The molecular weight excluding hydrogens is 338 g/mol. The fourth-order valence-electron chi connectivity index (χ4n) is 3.48. The van der Waals surface area contributed by atoms with Crippen molar-refractivity contribution in [2.75, 3.05) is 33.4 Å². The van der Waals surface area contributed by atoms with Crippen LogP contribution in [0.25, 0.3) is 6.08 Å². The summed E-state index contributed by atoms with van der Waals surface area (Å²) in [5.41, 5.74) is 2.60. The average Bonchev–Trinajstić information content (AvgIpc) is 2.68. The zero-order valence-corrected chi connectivity index (χ0v) is 16.0. The first-order valence-electron chi connectivity index (χ1n) is 9.51. The number of aliphatic hydroxyl groups is 1. The summed E-state index contributed by atoms with van der Waals surface area (Å²) in [5, 5.41) is 19.1. The van der Waals surface area contributed by atoms with Crippen LogP contribution in [0.2, 0.25) is 0 Å². The Kier molecular flexibility index (Phi) is 6.32. The van der Waals surface area contributed by atoms with Gasteiger partial charge in [-0.25, -0.2) is 0 Å². The number of likely N-dealkylation sites (tertiary alicyclic amines) is 1. The van der Waals surface area contributed by atoms with Gasteiger partial charge in [-0.3, -0.25) is 0 Å². The van der Waals surface area contributed by atoms with Gasteiger partial charge in [-0.2, -0.15) is 0 Å². The van der Waals surface area contributed by atoms with Gasteiger partial charge >= 0.3 is 0 Å². The van der Waals surface area contributed by atoms with Crippen LogP contribution in [0, 0.1) is 0 Å². The molecule has 2 fully saturated rings. The van der Waals surface area contributed by atoms with Gasteiger partial charge in [0.15, 0.2) is 0 Å². The SMILES string of the molecule is C=Cc1ccc(C2(O)COC2)cc1.CN1CCC(c2ccc(O)cc2)CC1. The minimum Gasteiger partial charge on any atom is -0.508 e. The van der Waals surface area contributed by atoms with E-state index in [2.05, 4.69) is 18.5 Å². The molecule has 0 radical (unpaired) electrons. The molecule has 27 heavy (non-hydrogen) atoms. The molecule has 2 aliphatic heterocycles. The van der Waals surface area contributed by atoms with E-state index in [1.54, 1.807) is 18.2 Å². The topological polar surface area (TPSA) is 52.9 Å². The number of hydrogen-bond donors (Lipinski definition) is 2. The number of nitrogens with zero attached hydrogens (tertiary/aromatic N) is 1. The Morgan fingerprint density at radius 2 is 1.63 bits per heavy atom. The summed E-state index contributed by atoms with van der Waals surface area (Å²) in [4.78, 5) is 2.37. The minimum absolute atomic E-state index is 0.363. The van der Waals surface area contributed by atoms with Crippen LogP contribution in [0.4, 0.5) is 0 Å². The molecule has 2 heterocycles. The molecule has 4 rings (SSSR count). The molecule has 2 aromatic rings. The molecule has 4 nitrogen and oxygen atoms in total. The second-order valence-electron chi connectivity index (χ2n) is 7.52. The van der Waals surface area contributed by atoms with E-state index in [1.165, 1.54) is 31.5 Å². The lowest BCUT2D eigenvalue weighted by molar-refractivity contribution is -0.184. The van der Waals surface area contributed by atoms with Gasteiger partial charge < -0.3 is 19.8 Å². The van der Waals surface area contributed by atoms with Crippen molar-refractivity contribution in [1.29, 1.82) is 0 Å². The number of benzene rings is 2. The lowest BCUT2D eigenvalue weighted by atomic mass is 9.90. The molecule has 0 amide bonds. The van der Waals surface area contributed by atoms with Gasteiger partial charge in [-0.05, 0) is 67.7 Å². The molecule has 0 aliphatic carbocycles. The van der Waals surface area contributed by atoms with Gasteiger partial charge in [0.1, 0.15) is 11.4 Å². The molecule has 4 heteroatoms. The third-order valence-electron chi connectivity index (χ3n) is 5.45. The van der Waals surface area contributed by atoms with Crippen LogP contribution in [0.3, 0.4) is 0 Å². The van der Waals surface area contributed by atoms with E-state index in [-0.39, 0.29) is 0 Å². The van der Waals surface area contributed by atoms with E-state index in [4.69, 9.17) is 4.74 Å². The zero-order valence-electron chi connectivity index (χ0n) is 16.0. The summed E-state index contributed by atoms with van der Waals surface area (Å²) in [6.45, 7) is 6.85. The number of rotatable bonds is 3. The Morgan fingerprint density at radius 1 is 1.04 bits per heavy atom. The fraction of sp³-hybridized carbons (Fsp3) is 0.391. The third kappa shape index (κ3) is 4.98. The van der Waals surface area contributed by atoms with E-state index >= 15 is 0 Å². The lowest BCUT2D eigenvalue weighted by Gasteiger charge is -2.36. The smallest absolute Gasteiger partial charge is 0.136 e. The fourth-order valence-corrected chi connectivity index (χ4v) is 3.48. The minimum atomic E-state index is -0.750. The summed E-state index contributed by atoms with van der Waals surface area (Å²) in [7, 11) is 2.17. The molecule has 2 aromatic carbocycles. The highest BCUT2D eigenvalue weighted by Gasteiger charge is 2.37. The molecule has 0 aromatic heterocycles. The standard InChI is InChI=1S/C12H17NO.C11H12O2/c1-13-8-6-11(7-9-13)10-2-4-12(14)5-3-10;1-2-9-3-5-10(6-4-9)11(12)7-13-8-11/h2-5,11,14H,6-9H2,1H3;2-6,12H,1,7-8H2. The molecule has 2 aliphatic rings. The molecule has 144 valence electrons. The van der Waals surface area contributed by atoms with Crippen molar-refractivity contribution < 1.29 is 14.9 Å². The molecule has 0 bridgehead atoms. The number of aromatic hydroxyl groups is 1. The largest absolute Gasteiger partial charge is 0.508 e. The van der Waals surface area contributed by atoms with Gasteiger partial charge in [-0.1, -0.05) is 49.1 Å². The van der Waals surface area contributed by atoms with E-state index in [9.17, 15) is 10.2 Å². The average molecular weight is 367 g/mol. The van der Waals surface area contributed by atoms with Gasteiger partial charge in [0.05, 0.1) is 13.2 Å². The molecule has 0 saturated carbocycles. The van der Waals surface area contributed by atoms with Gasteiger partial charge in [0, 0.05) is 0 Å². The first kappa shape index (κ1) is 19.6. The van der Waals surface area contributed by atoms with Crippen molar-refractivity contribution in [3.8, 4) is 5.75 Å². The Hall–Kier alpha value is -2.14. The Balaban J connectivity index is 0.000000156. The van der Waals surface area contributed by atoms with Crippen LogP contribution in [-0.2, 0) is 10.3 Å². The summed E-state index contributed by atoms with van der Waals surface area (Å²) in [6.07, 6.45) is 4.26. The van der Waals surface area contributed by atoms with E-state index in [1.807, 2.05) is 36.4 Å². The van der Waals surface area contributed by atoms with Crippen LogP contribution in [0.15, 0.2) is 55.1 Å². The summed E-state index contributed by atoms with van der Waals surface area (Å²) in [5.74, 6) is 1.05. The number of piperidine rings is 1. The summed E-state index contributed by atoms with van der Waals surface area (Å²) >= 11 is 0. The third-order valence-corrected chi connectivity index (χ3v) is 5.45. The lowest BCUT2D eigenvalue weighted by Crippen LogP contribution is -2.46. The van der Waals surface area contributed by atoms with Crippen LogP contribution < -0.4 is 0 Å². The second kappa shape index (κ2) is 8.70. The Morgan fingerprint density at radius 3 is 2.11 bits per heavy atom. The number of phenolic OH excluding ortho intramolecular Hbond substituents is 1. The highest BCUT2D eigenvalue weighted by molar-refractivity contribution is 5.48. The number of phenols is 1. The summed E-state index contributed by atoms with van der Waals surface area (Å²) < 4.78 is 4.98. The van der Waals surface area contributed by atoms with E-state index in [0.29, 0.717) is 24.9 Å². The highest BCUT2D eigenvalue weighted by Crippen LogP contribution is 2.29. The molecular formula is C23H29NO3. The molecule has 2 saturated heterocycles. The molecule has 2 N–H and O–H groups in total. The number of ether oxygens (including phenoxy) is 1. The Bertz CT molecular complexity index is 727. The second-order valence-corrected chi connectivity index (χ2v) is 7.52. The monoisotopic (exact) mass is 367 g/mol. The first-order chi connectivity index (χ1) is 13.0. The predicted molar refractivity (Wildman–Crippen MR) is 109 cm³/mol. The predicted octanol–water partition coefficient (Wildman–Crippen LogP) is 3.75. The molecule has 0 spiro atoms. The van der Waals surface area contributed by atoms with Crippen LogP contribution in [0.5, 0.6) is 5.75 Å². The maximum Gasteiger partial charge on any atom is 0.136 e. The normalized spacial score (nSPS) is 19.5. The van der Waals surface area contributed by atoms with Crippen LogP contribution >= 0.6 is 0 Å². The van der Waals surface area contributed by atoms with Crippen molar-refractivity contribution in [2.45, 2.75) is 24.4 Å². The van der Waals surface area contributed by atoms with Crippen LogP contribution in [0.1, 0.15) is 35.4 Å². The van der Waals surface area contributed by atoms with Crippen molar-refractivity contribution in [3.63, 3.8) is 0 Å². The van der Waals surface area contributed by atoms with Crippen molar-refractivity contribution in [1.82, 2.24) is 4.90 Å². The van der Waals surface area contributed by atoms with Gasteiger partial charge in [0.25, 0.3) is 0 Å².